The molecule has 1 aromatic carbocycles. The van der Waals surface area contributed by atoms with E-state index >= 15 is 0 Å². The first-order valence-electron chi connectivity index (χ1n) is 9.08. The molecule has 0 bridgehead atoms. The van der Waals surface area contributed by atoms with E-state index < -0.39 is 0 Å². The third-order valence-corrected chi connectivity index (χ3v) is 4.12. The zero-order chi connectivity index (χ0) is 19.6. The number of hydrogen-bond donors (Lipinski definition) is 1. The highest BCUT2D eigenvalue weighted by molar-refractivity contribution is 5.78. The molecule has 0 unspecified atom stereocenters. The van der Waals surface area contributed by atoms with Gasteiger partial charge in [-0.3, -0.25) is 4.79 Å². The molecule has 146 valence electrons. The van der Waals surface area contributed by atoms with Crippen molar-refractivity contribution in [2.75, 3.05) is 32.9 Å². The Kier molecular flexibility index (Phi) is 7.74. The van der Waals surface area contributed by atoms with E-state index in [-0.39, 0.29) is 24.6 Å². The lowest BCUT2D eigenvalue weighted by Gasteiger charge is -2.31. The van der Waals surface area contributed by atoms with Crippen LogP contribution in [0, 0.1) is 11.3 Å². The summed E-state index contributed by atoms with van der Waals surface area (Å²) in [5.41, 5.74) is 0.462. The summed E-state index contributed by atoms with van der Waals surface area (Å²) in [5, 5.41) is 11.9. The van der Waals surface area contributed by atoms with Crippen LogP contribution >= 0.6 is 0 Å². The van der Waals surface area contributed by atoms with Gasteiger partial charge >= 0.3 is 6.09 Å². The third-order valence-electron chi connectivity index (χ3n) is 4.12. The predicted molar refractivity (Wildman–Crippen MR) is 97.6 cm³/mol. The number of nitriles is 1. The summed E-state index contributed by atoms with van der Waals surface area (Å²) in [4.78, 5) is 25.5. The van der Waals surface area contributed by atoms with Gasteiger partial charge in [-0.2, -0.15) is 5.26 Å². The molecule has 27 heavy (non-hydrogen) atoms. The molecule has 0 spiro atoms. The average molecular weight is 375 g/mol. The van der Waals surface area contributed by atoms with Gasteiger partial charge < -0.3 is 24.4 Å². The van der Waals surface area contributed by atoms with Crippen molar-refractivity contribution in [3.8, 4) is 17.6 Å². The van der Waals surface area contributed by atoms with Crippen molar-refractivity contribution in [1.82, 2.24) is 10.2 Å². The molecule has 0 atom stereocenters. The number of carbonyl (C=O) groups excluding carboxylic acids is 2. The minimum absolute atomic E-state index is 0.000830. The Balaban J connectivity index is 1.80. The van der Waals surface area contributed by atoms with Crippen LogP contribution in [-0.4, -0.2) is 55.9 Å². The Morgan fingerprint density at radius 1 is 1.19 bits per heavy atom. The summed E-state index contributed by atoms with van der Waals surface area (Å²) >= 11 is 0. The van der Waals surface area contributed by atoms with Crippen LogP contribution in [0.4, 0.5) is 4.79 Å². The van der Waals surface area contributed by atoms with Crippen LogP contribution in [0.15, 0.2) is 18.2 Å². The number of nitrogens with zero attached hydrogens (tertiary/aromatic N) is 2. The van der Waals surface area contributed by atoms with Crippen LogP contribution in [0.2, 0.25) is 0 Å². The first kappa shape index (κ1) is 20.4. The van der Waals surface area contributed by atoms with Gasteiger partial charge in [0.2, 0.25) is 0 Å². The lowest BCUT2D eigenvalue weighted by molar-refractivity contribution is -0.124. The number of piperidine rings is 1. The molecule has 1 heterocycles. The van der Waals surface area contributed by atoms with Gasteiger partial charge in [0.05, 0.1) is 24.8 Å². The molecule has 1 saturated heterocycles. The second-order valence-corrected chi connectivity index (χ2v) is 6.02. The Morgan fingerprint density at radius 2 is 1.93 bits per heavy atom. The van der Waals surface area contributed by atoms with Crippen molar-refractivity contribution >= 4 is 12.0 Å². The van der Waals surface area contributed by atoms with Crippen LogP contribution in [0.1, 0.15) is 32.3 Å². The summed E-state index contributed by atoms with van der Waals surface area (Å²) in [6.45, 7) is 5.34. The fourth-order valence-corrected chi connectivity index (χ4v) is 2.80. The van der Waals surface area contributed by atoms with Crippen LogP contribution in [0.3, 0.4) is 0 Å². The fourth-order valence-electron chi connectivity index (χ4n) is 2.80. The van der Waals surface area contributed by atoms with Crippen molar-refractivity contribution in [3.05, 3.63) is 23.8 Å². The summed E-state index contributed by atoms with van der Waals surface area (Å²) in [6, 6.07) is 6.86. The topological polar surface area (TPSA) is 101 Å². The van der Waals surface area contributed by atoms with Gasteiger partial charge in [0, 0.05) is 25.2 Å². The van der Waals surface area contributed by atoms with Gasteiger partial charge in [-0.05, 0) is 38.8 Å². The van der Waals surface area contributed by atoms with Crippen LogP contribution in [-0.2, 0) is 9.53 Å². The second-order valence-electron chi connectivity index (χ2n) is 6.02. The average Bonchev–Trinajstić information content (AvgIpc) is 2.68. The monoisotopic (exact) mass is 375 g/mol. The Hall–Kier alpha value is -2.95. The standard InChI is InChI=1S/C19H25N3O5/c1-3-25-17-11-14(12-20)5-6-16(17)27-13-18(23)21-15-7-9-22(10-8-15)19(24)26-4-2/h5-6,11,15H,3-4,7-10,13H2,1-2H3,(H,21,23). The van der Waals surface area contributed by atoms with E-state index in [2.05, 4.69) is 5.32 Å². The Morgan fingerprint density at radius 3 is 2.56 bits per heavy atom. The van der Waals surface area contributed by atoms with E-state index in [9.17, 15) is 9.59 Å². The van der Waals surface area contributed by atoms with Crippen molar-refractivity contribution in [2.24, 2.45) is 0 Å². The molecule has 1 aromatic rings. The number of amides is 2. The fraction of sp³-hybridized carbons (Fsp3) is 0.526. The predicted octanol–water partition coefficient (Wildman–Crippen LogP) is 2.07. The number of rotatable bonds is 7. The molecule has 0 aromatic heterocycles. The third kappa shape index (κ3) is 6.06. The lowest BCUT2D eigenvalue weighted by atomic mass is 10.1. The highest BCUT2D eigenvalue weighted by Gasteiger charge is 2.24. The molecule has 8 nitrogen and oxygen atoms in total. The van der Waals surface area contributed by atoms with Gasteiger partial charge in [-0.25, -0.2) is 4.79 Å². The highest BCUT2D eigenvalue weighted by Crippen LogP contribution is 2.28. The van der Waals surface area contributed by atoms with Gasteiger partial charge in [0.1, 0.15) is 0 Å². The van der Waals surface area contributed by atoms with Crippen molar-refractivity contribution in [3.63, 3.8) is 0 Å². The Bertz CT molecular complexity index is 693. The largest absolute Gasteiger partial charge is 0.490 e. The number of likely N-dealkylation sites (tertiary alicyclic amines) is 1. The molecule has 1 aliphatic rings. The number of ether oxygens (including phenoxy) is 3. The number of hydrogen-bond acceptors (Lipinski definition) is 6. The highest BCUT2D eigenvalue weighted by atomic mass is 16.6. The van der Waals surface area contributed by atoms with Crippen molar-refractivity contribution < 1.29 is 23.8 Å². The zero-order valence-electron chi connectivity index (χ0n) is 15.7. The molecule has 1 aliphatic heterocycles. The summed E-state index contributed by atoms with van der Waals surface area (Å²) in [6.07, 6.45) is 1.03. The Labute approximate surface area is 159 Å². The van der Waals surface area contributed by atoms with E-state index in [0.29, 0.717) is 56.2 Å². The quantitative estimate of drug-likeness (QED) is 0.783. The molecule has 2 rings (SSSR count). The smallest absolute Gasteiger partial charge is 0.409 e. The maximum atomic E-state index is 12.2. The van der Waals surface area contributed by atoms with Crippen LogP contribution in [0.25, 0.3) is 0 Å². The minimum Gasteiger partial charge on any atom is -0.490 e. The van der Waals surface area contributed by atoms with E-state index in [1.165, 1.54) is 0 Å². The van der Waals surface area contributed by atoms with Crippen molar-refractivity contribution in [1.29, 1.82) is 5.26 Å². The summed E-state index contributed by atoms with van der Waals surface area (Å²) in [5.74, 6) is 0.617. The first-order chi connectivity index (χ1) is 13.1. The molecular formula is C19H25N3O5. The zero-order valence-corrected chi connectivity index (χ0v) is 15.7. The maximum absolute atomic E-state index is 12.2. The number of carbonyl (C=O) groups is 2. The molecular weight excluding hydrogens is 350 g/mol. The molecule has 2 amide bonds. The molecule has 0 radical (unpaired) electrons. The second kappa shape index (κ2) is 10.3. The number of nitrogens with one attached hydrogen (secondary N) is 1. The molecule has 0 saturated carbocycles. The molecule has 8 heteroatoms. The minimum atomic E-state index is -0.310. The SMILES string of the molecule is CCOC(=O)N1CCC(NC(=O)COc2ccc(C#N)cc2OCC)CC1. The van der Waals surface area contributed by atoms with E-state index in [1.54, 1.807) is 30.0 Å². The number of benzene rings is 1. The first-order valence-corrected chi connectivity index (χ1v) is 9.08. The normalized spacial score (nSPS) is 14.2. The summed E-state index contributed by atoms with van der Waals surface area (Å²) < 4.78 is 16.0. The van der Waals surface area contributed by atoms with Crippen molar-refractivity contribution in [2.45, 2.75) is 32.7 Å². The molecule has 1 N–H and O–H groups in total. The van der Waals surface area contributed by atoms with Gasteiger partial charge in [-0.1, -0.05) is 0 Å². The van der Waals surface area contributed by atoms with Gasteiger partial charge in [-0.15, -0.1) is 0 Å². The maximum Gasteiger partial charge on any atom is 0.409 e. The molecule has 0 aliphatic carbocycles. The summed E-state index contributed by atoms with van der Waals surface area (Å²) in [7, 11) is 0. The lowest BCUT2D eigenvalue weighted by Crippen LogP contribution is -2.47. The molecule has 1 fully saturated rings. The van der Waals surface area contributed by atoms with Gasteiger partial charge in [0.25, 0.3) is 5.91 Å². The van der Waals surface area contributed by atoms with Gasteiger partial charge in [0.15, 0.2) is 18.1 Å². The van der Waals surface area contributed by atoms with Crippen LogP contribution < -0.4 is 14.8 Å². The van der Waals surface area contributed by atoms with Crippen LogP contribution in [0.5, 0.6) is 11.5 Å². The van der Waals surface area contributed by atoms with E-state index in [4.69, 9.17) is 19.5 Å². The van der Waals surface area contributed by atoms with E-state index in [0.717, 1.165) is 0 Å². The van der Waals surface area contributed by atoms with E-state index in [1.807, 2.05) is 13.0 Å².